The van der Waals surface area contributed by atoms with Gasteiger partial charge in [0.05, 0.1) is 22.7 Å². The number of amides is 1. The number of rotatable bonds is 6. The molecule has 0 atom stereocenters. The fraction of sp³-hybridized carbons (Fsp3) is 0.167. The molecule has 2 rings (SSSR count). The zero-order valence-electron chi connectivity index (χ0n) is 13.8. The van der Waals surface area contributed by atoms with Gasteiger partial charge in [-0.3, -0.25) is 9.59 Å². The Kier molecular flexibility index (Phi) is 7.00. The van der Waals surface area contributed by atoms with E-state index in [1.807, 2.05) is 0 Å². The molecular formula is C18H15Cl2NO5. The van der Waals surface area contributed by atoms with E-state index in [-0.39, 0.29) is 23.7 Å². The van der Waals surface area contributed by atoms with Crippen molar-refractivity contribution < 1.29 is 23.9 Å². The average Bonchev–Trinajstić information content (AvgIpc) is 2.66. The zero-order valence-corrected chi connectivity index (χ0v) is 15.3. The second kappa shape index (κ2) is 9.22. The van der Waals surface area contributed by atoms with Crippen molar-refractivity contribution in [3.63, 3.8) is 0 Å². The van der Waals surface area contributed by atoms with Crippen LogP contribution in [0, 0.1) is 0 Å². The summed E-state index contributed by atoms with van der Waals surface area (Å²) in [6.07, 6.45) is 0. The van der Waals surface area contributed by atoms with Crippen LogP contribution in [0.25, 0.3) is 0 Å². The lowest BCUT2D eigenvalue weighted by Crippen LogP contribution is -2.30. The van der Waals surface area contributed by atoms with Crippen molar-refractivity contribution in [1.82, 2.24) is 5.32 Å². The van der Waals surface area contributed by atoms with Crippen molar-refractivity contribution in [2.24, 2.45) is 0 Å². The van der Waals surface area contributed by atoms with Gasteiger partial charge in [-0.15, -0.1) is 0 Å². The fourth-order valence-corrected chi connectivity index (χ4v) is 2.31. The number of hydrogen-bond donors (Lipinski definition) is 1. The van der Waals surface area contributed by atoms with Crippen molar-refractivity contribution >= 4 is 41.0 Å². The van der Waals surface area contributed by atoms with Gasteiger partial charge in [-0.25, -0.2) is 4.79 Å². The van der Waals surface area contributed by atoms with Crippen LogP contribution in [0.5, 0.6) is 0 Å². The van der Waals surface area contributed by atoms with Crippen LogP contribution >= 0.6 is 23.2 Å². The van der Waals surface area contributed by atoms with Gasteiger partial charge in [0.15, 0.2) is 0 Å². The first-order valence-electron chi connectivity index (χ1n) is 7.47. The molecule has 0 spiro atoms. The van der Waals surface area contributed by atoms with E-state index < -0.39 is 17.8 Å². The van der Waals surface area contributed by atoms with Crippen LogP contribution in [-0.2, 0) is 20.9 Å². The molecule has 136 valence electrons. The van der Waals surface area contributed by atoms with E-state index >= 15 is 0 Å². The number of ether oxygens (including phenoxy) is 2. The van der Waals surface area contributed by atoms with Crippen LogP contribution < -0.4 is 5.32 Å². The Bertz CT molecular complexity index is 838. The van der Waals surface area contributed by atoms with Gasteiger partial charge in [0.25, 0.3) is 5.91 Å². The highest BCUT2D eigenvalue weighted by atomic mass is 35.5. The number of benzene rings is 2. The molecule has 0 saturated heterocycles. The van der Waals surface area contributed by atoms with Crippen LogP contribution in [0.4, 0.5) is 0 Å². The standard InChI is InChI=1S/C18H15Cl2NO5/c1-25-18(24)13-4-2-3-11(7-13)10-26-16(22)9-21-17(23)12-5-6-14(19)15(20)8-12/h2-8H,9-10H2,1H3,(H,21,23). The van der Waals surface area contributed by atoms with Gasteiger partial charge in [-0.1, -0.05) is 35.3 Å². The molecule has 8 heteroatoms. The molecule has 0 bridgehead atoms. The van der Waals surface area contributed by atoms with Gasteiger partial charge in [0.1, 0.15) is 13.2 Å². The number of carbonyl (C=O) groups excluding carboxylic acids is 3. The third-order valence-corrected chi connectivity index (χ3v) is 4.06. The average molecular weight is 396 g/mol. The molecule has 2 aromatic rings. The quantitative estimate of drug-likeness (QED) is 0.759. The monoisotopic (exact) mass is 395 g/mol. The van der Waals surface area contributed by atoms with E-state index in [4.69, 9.17) is 27.9 Å². The molecule has 0 aliphatic rings. The molecule has 0 aliphatic carbocycles. The highest BCUT2D eigenvalue weighted by Gasteiger charge is 2.11. The SMILES string of the molecule is COC(=O)c1cccc(COC(=O)CNC(=O)c2ccc(Cl)c(Cl)c2)c1. The first kappa shape index (κ1) is 19.8. The molecule has 26 heavy (non-hydrogen) atoms. The Morgan fingerprint density at radius 1 is 1.00 bits per heavy atom. The molecule has 2 aromatic carbocycles. The minimum Gasteiger partial charge on any atom is -0.465 e. The van der Waals surface area contributed by atoms with Gasteiger partial charge in [0.2, 0.25) is 0 Å². The minimum atomic E-state index is -0.623. The topological polar surface area (TPSA) is 81.7 Å². The highest BCUT2D eigenvalue weighted by molar-refractivity contribution is 6.42. The summed E-state index contributed by atoms with van der Waals surface area (Å²) in [6.45, 7) is -0.345. The Hall–Kier alpha value is -2.57. The molecule has 0 aromatic heterocycles. The maximum atomic E-state index is 12.0. The van der Waals surface area contributed by atoms with E-state index in [1.54, 1.807) is 24.3 Å². The molecule has 0 saturated carbocycles. The summed E-state index contributed by atoms with van der Waals surface area (Å²) in [6, 6.07) is 10.9. The van der Waals surface area contributed by atoms with E-state index in [2.05, 4.69) is 10.1 Å². The molecular weight excluding hydrogens is 381 g/mol. The number of halogens is 2. The summed E-state index contributed by atoms with van der Waals surface area (Å²) in [5, 5.41) is 3.00. The van der Waals surface area contributed by atoms with E-state index in [0.29, 0.717) is 16.1 Å². The van der Waals surface area contributed by atoms with Gasteiger partial charge in [-0.05, 0) is 35.9 Å². The lowest BCUT2D eigenvalue weighted by Gasteiger charge is -2.08. The Balaban J connectivity index is 1.84. The van der Waals surface area contributed by atoms with Crippen molar-refractivity contribution in [3.8, 4) is 0 Å². The lowest BCUT2D eigenvalue weighted by atomic mass is 10.1. The Labute approximate surface area is 160 Å². The van der Waals surface area contributed by atoms with E-state index in [0.717, 1.165) is 0 Å². The van der Waals surface area contributed by atoms with Gasteiger partial charge >= 0.3 is 11.9 Å². The maximum Gasteiger partial charge on any atom is 0.337 e. The first-order valence-corrected chi connectivity index (χ1v) is 8.22. The maximum absolute atomic E-state index is 12.0. The highest BCUT2D eigenvalue weighted by Crippen LogP contribution is 2.22. The predicted molar refractivity (Wildman–Crippen MR) is 96.4 cm³/mol. The van der Waals surface area contributed by atoms with Crippen molar-refractivity contribution in [2.75, 3.05) is 13.7 Å². The van der Waals surface area contributed by atoms with E-state index in [9.17, 15) is 14.4 Å². The van der Waals surface area contributed by atoms with Crippen LogP contribution in [0.1, 0.15) is 26.3 Å². The molecule has 1 N–H and O–H groups in total. The van der Waals surface area contributed by atoms with Crippen molar-refractivity contribution in [3.05, 3.63) is 69.2 Å². The third kappa shape index (κ3) is 5.47. The molecule has 1 amide bonds. The molecule has 0 fully saturated rings. The number of esters is 2. The third-order valence-electron chi connectivity index (χ3n) is 3.32. The normalized spacial score (nSPS) is 10.1. The van der Waals surface area contributed by atoms with Crippen LogP contribution in [0.3, 0.4) is 0 Å². The second-order valence-electron chi connectivity index (χ2n) is 5.16. The summed E-state index contributed by atoms with van der Waals surface area (Å²) in [5.74, 6) is -1.58. The Morgan fingerprint density at radius 2 is 1.77 bits per heavy atom. The fourth-order valence-electron chi connectivity index (χ4n) is 2.01. The van der Waals surface area contributed by atoms with Crippen molar-refractivity contribution in [2.45, 2.75) is 6.61 Å². The smallest absolute Gasteiger partial charge is 0.337 e. The van der Waals surface area contributed by atoms with Crippen LogP contribution in [-0.4, -0.2) is 31.5 Å². The largest absolute Gasteiger partial charge is 0.465 e. The van der Waals surface area contributed by atoms with E-state index in [1.165, 1.54) is 25.3 Å². The summed E-state index contributed by atoms with van der Waals surface area (Å²) >= 11 is 11.6. The summed E-state index contributed by atoms with van der Waals surface area (Å²) in [4.78, 5) is 35.2. The second-order valence-corrected chi connectivity index (χ2v) is 5.98. The Morgan fingerprint density at radius 3 is 2.46 bits per heavy atom. The van der Waals surface area contributed by atoms with Gasteiger partial charge in [-0.2, -0.15) is 0 Å². The summed E-state index contributed by atoms with van der Waals surface area (Å²) in [7, 11) is 1.28. The van der Waals surface area contributed by atoms with Crippen LogP contribution in [0.2, 0.25) is 10.0 Å². The number of methoxy groups -OCH3 is 1. The summed E-state index contributed by atoms with van der Waals surface area (Å²) in [5.41, 5.74) is 1.25. The van der Waals surface area contributed by atoms with Gasteiger partial charge < -0.3 is 14.8 Å². The van der Waals surface area contributed by atoms with Crippen LogP contribution in [0.15, 0.2) is 42.5 Å². The summed E-state index contributed by atoms with van der Waals surface area (Å²) < 4.78 is 9.70. The molecule has 6 nitrogen and oxygen atoms in total. The number of hydrogen-bond acceptors (Lipinski definition) is 5. The molecule has 0 aliphatic heterocycles. The van der Waals surface area contributed by atoms with Crippen molar-refractivity contribution in [1.29, 1.82) is 0 Å². The predicted octanol–water partition coefficient (Wildman–Crippen LogP) is 3.25. The first-order chi connectivity index (χ1) is 12.4. The molecule has 0 heterocycles. The zero-order chi connectivity index (χ0) is 19.1. The molecule has 0 radical (unpaired) electrons. The lowest BCUT2D eigenvalue weighted by molar-refractivity contribution is -0.143. The number of carbonyl (C=O) groups is 3. The molecule has 0 unspecified atom stereocenters. The van der Waals surface area contributed by atoms with Gasteiger partial charge in [0, 0.05) is 5.56 Å². The number of nitrogens with one attached hydrogen (secondary N) is 1. The minimum absolute atomic E-state index is 0.0354.